The van der Waals surface area contributed by atoms with Crippen LogP contribution in [0, 0.1) is 19.4 Å². The van der Waals surface area contributed by atoms with E-state index in [9.17, 15) is 0 Å². The van der Waals surface area contributed by atoms with Crippen molar-refractivity contribution in [2.75, 3.05) is 5.32 Å². The maximum Gasteiger partial charge on any atom is 0.187 e. The van der Waals surface area contributed by atoms with Gasteiger partial charge in [-0.25, -0.2) is 9.97 Å². The van der Waals surface area contributed by atoms with Crippen LogP contribution in [-0.4, -0.2) is 9.97 Å². The van der Waals surface area contributed by atoms with E-state index < -0.39 is 0 Å². The van der Waals surface area contributed by atoms with Gasteiger partial charge in [0.05, 0.1) is 5.69 Å². The van der Waals surface area contributed by atoms with Crippen molar-refractivity contribution in [3.63, 3.8) is 0 Å². The van der Waals surface area contributed by atoms with Gasteiger partial charge in [-0.1, -0.05) is 11.3 Å². The van der Waals surface area contributed by atoms with Crippen LogP contribution in [0.5, 0.6) is 0 Å². The second-order valence-electron chi connectivity index (χ2n) is 2.62. The monoisotopic (exact) mass is 210 g/mol. The lowest BCUT2D eigenvalue weighted by Gasteiger charge is -1.97. The molecule has 0 aliphatic rings. The van der Waals surface area contributed by atoms with Crippen molar-refractivity contribution < 1.29 is 0 Å². The molecule has 1 radical (unpaired) electrons. The predicted molar refractivity (Wildman–Crippen MR) is 55.8 cm³/mol. The van der Waals surface area contributed by atoms with Gasteiger partial charge in [0.15, 0.2) is 10.6 Å². The topological polar surface area (TPSA) is 37.8 Å². The molecule has 0 aromatic carbocycles. The van der Waals surface area contributed by atoms with Crippen LogP contribution in [0.25, 0.3) is 0 Å². The number of hydrogen-bond acceptors (Lipinski definition) is 5. The number of anilines is 2. The summed E-state index contributed by atoms with van der Waals surface area (Å²) in [6.07, 6.45) is 1.85. The third-order valence-electron chi connectivity index (χ3n) is 1.53. The van der Waals surface area contributed by atoms with Gasteiger partial charge < -0.3 is 5.32 Å². The summed E-state index contributed by atoms with van der Waals surface area (Å²) in [6, 6.07) is 0. The van der Waals surface area contributed by atoms with Crippen LogP contribution >= 0.6 is 22.7 Å². The highest BCUT2D eigenvalue weighted by atomic mass is 32.1. The van der Waals surface area contributed by atoms with Crippen molar-refractivity contribution in [2.24, 2.45) is 0 Å². The molecule has 0 saturated carbocycles. The molecule has 0 amide bonds. The number of nitrogens with one attached hydrogen (secondary N) is 1. The van der Waals surface area contributed by atoms with Crippen molar-refractivity contribution >= 4 is 32.8 Å². The van der Waals surface area contributed by atoms with Crippen LogP contribution in [0.4, 0.5) is 10.1 Å². The van der Waals surface area contributed by atoms with E-state index in [0.29, 0.717) is 0 Å². The minimum atomic E-state index is 0.915. The maximum atomic E-state index is 4.20. The molecule has 2 aromatic heterocycles. The normalized spacial score (nSPS) is 10.3. The molecule has 0 aliphatic heterocycles. The molecule has 0 unspecified atom stereocenters. The average molecular weight is 210 g/mol. The summed E-state index contributed by atoms with van der Waals surface area (Å²) in [5.74, 6) is 0. The van der Waals surface area contributed by atoms with Crippen molar-refractivity contribution in [1.82, 2.24) is 9.97 Å². The summed E-state index contributed by atoms with van der Waals surface area (Å²) >= 11 is 3.11. The van der Waals surface area contributed by atoms with Gasteiger partial charge in [-0.05, 0) is 13.8 Å². The summed E-state index contributed by atoms with van der Waals surface area (Å²) in [5.41, 5.74) is 3.80. The highest BCUT2D eigenvalue weighted by molar-refractivity contribution is 7.17. The van der Waals surface area contributed by atoms with E-state index in [-0.39, 0.29) is 0 Å². The Kier molecular flexibility index (Phi) is 2.28. The quantitative estimate of drug-likeness (QED) is 0.828. The molecule has 2 heterocycles. The maximum absolute atomic E-state index is 4.20. The third-order valence-corrected chi connectivity index (χ3v) is 3.14. The van der Waals surface area contributed by atoms with E-state index >= 15 is 0 Å². The van der Waals surface area contributed by atoms with Gasteiger partial charge in [0, 0.05) is 11.1 Å². The number of aryl methyl sites for hydroxylation is 2. The minimum absolute atomic E-state index is 0.915. The molecule has 3 nitrogen and oxygen atoms in total. The lowest BCUT2D eigenvalue weighted by atomic mass is 10.5. The molecule has 2 rings (SSSR count). The van der Waals surface area contributed by atoms with E-state index in [4.69, 9.17) is 0 Å². The van der Waals surface area contributed by atoms with Crippen molar-refractivity contribution in [2.45, 2.75) is 13.8 Å². The van der Waals surface area contributed by atoms with Gasteiger partial charge in [0.25, 0.3) is 0 Å². The summed E-state index contributed by atoms with van der Waals surface area (Å²) in [6.45, 7) is 3.99. The van der Waals surface area contributed by atoms with Gasteiger partial charge in [-0.3, -0.25) is 0 Å². The van der Waals surface area contributed by atoms with Gasteiger partial charge in [-0.15, -0.1) is 11.3 Å². The zero-order chi connectivity index (χ0) is 9.26. The van der Waals surface area contributed by atoms with E-state index in [2.05, 4.69) is 20.8 Å². The van der Waals surface area contributed by atoms with Crippen LogP contribution in [-0.2, 0) is 0 Å². The molecule has 1 N–H and O–H groups in total. The van der Waals surface area contributed by atoms with E-state index in [0.717, 1.165) is 15.8 Å². The lowest BCUT2D eigenvalue weighted by Crippen LogP contribution is -1.87. The molecular weight excluding hydrogens is 202 g/mol. The minimum Gasteiger partial charge on any atom is -0.322 e. The second-order valence-corrected chi connectivity index (χ2v) is 4.65. The predicted octanol–water partition coefficient (Wildman–Crippen LogP) is 2.76. The smallest absolute Gasteiger partial charge is 0.187 e. The molecule has 0 fully saturated rings. The molecule has 0 saturated heterocycles. The molecule has 0 aliphatic carbocycles. The first-order chi connectivity index (χ1) is 6.25. The van der Waals surface area contributed by atoms with Crippen LogP contribution < -0.4 is 5.32 Å². The van der Waals surface area contributed by atoms with Crippen LogP contribution in [0.1, 0.15) is 10.6 Å². The summed E-state index contributed by atoms with van der Waals surface area (Å²) in [4.78, 5) is 9.43. The molecular formula is C8H8N3S2. The molecule has 0 atom stereocenters. The highest BCUT2D eigenvalue weighted by Crippen LogP contribution is 2.26. The van der Waals surface area contributed by atoms with Crippen molar-refractivity contribution in [3.05, 3.63) is 22.3 Å². The van der Waals surface area contributed by atoms with Gasteiger partial charge in [0.1, 0.15) is 5.00 Å². The van der Waals surface area contributed by atoms with Crippen LogP contribution in [0.15, 0.2) is 6.20 Å². The number of hydrogen-bond donors (Lipinski definition) is 1. The van der Waals surface area contributed by atoms with Gasteiger partial charge in [-0.2, -0.15) is 0 Å². The zero-order valence-corrected chi connectivity index (χ0v) is 8.92. The fourth-order valence-corrected chi connectivity index (χ4v) is 2.24. The number of nitrogens with zero attached hydrogens (tertiary/aromatic N) is 2. The standard InChI is InChI=1S/C8H8N3S2/c1-5-3-9-8(13-5)11-7-6(2)10-4-12-7/h3H,1-2H3,(H,9,11). The van der Waals surface area contributed by atoms with Gasteiger partial charge >= 0.3 is 0 Å². The Bertz CT molecular complexity index is 405. The first-order valence-corrected chi connectivity index (χ1v) is 5.42. The Morgan fingerprint density at radius 1 is 1.46 bits per heavy atom. The molecule has 0 bridgehead atoms. The Labute approximate surface area is 84.5 Å². The van der Waals surface area contributed by atoms with E-state index in [1.807, 2.05) is 20.0 Å². The lowest BCUT2D eigenvalue weighted by molar-refractivity contribution is 1.25. The third kappa shape index (κ3) is 1.87. The fourth-order valence-electron chi connectivity index (χ4n) is 0.887. The van der Waals surface area contributed by atoms with Crippen molar-refractivity contribution in [3.8, 4) is 0 Å². The highest BCUT2D eigenvalue weighted by Gasteiger charge is 2.03. The summed E-state index contributed by atoms with van der Waals surface area (Å²) in [7, 11) is 0. The Morgan fingerprint density at radius 3 is 2.85 bits per heavy atom. The average Bonchev–Trinajstić information content (AvgIpc) is 2.64. The zero-order valence-electron chi connectivity index (χ0n) is 7.29. The molecule has 0 spiro atoms. The molecule has 5 heteroatoms. The van der Waals surface area contributed by atoms with Crippen LogP contribution in [0.3, 0.4) is 0 Å². The Balaban J connectivity index is 2.19. The molecule has 2 aromatic rings. The first kappa shape index (κ1) is 8.65. The summed E-state index contributed by atoms with van der Waals surface area (Å²) < 4.78 is 0. The van der Waals surface area contributed by atoms with Crippen molar-refractivity contribution in [1.29, 1.82) is 0 Å². The summed E-state index contributed by atoms with van der Waals surface area (Å²) in [5, 5.41) is 5.14. The number of aromatic nitrogens is 2. The number of rotatable bonds is 2. The molecule has 67 valence electrons. The number of thiazole rings is 2. The largest absolute Gasteiger partial charge is 0.322 e. The second kappa shape index (κ2) is 3.43. The first-order valence-electron chi connectivity index (χ1n) is 3.78. The Morgan fingerprint density at radius 2 is 2.31 bits per heavy atom. The Hall–Kier alpha value is -0.940. The van der Waals surface area contributed by atoms with E-state index in [1.165, 1.54) is 16.2 Å². The SMILES string of the molecule is Cc1cnc(Nc2s[c]nc2C)s1. The van der Waals surface area contributed by atoms with E-state index in [1.54, 1.807) is 11.3 Å². The van der Waals surface area contributed by atoms with Crippen LogP contribution in [0.2, 0.25) is 0 Å². The molecule has 13 heavy (non-hydrogen) atoms. The van der Waals surface area contributed by atoms with Gasteiger partial charge in [0.2, 0.25) is 0 Å². The fraction of sp³-hybridized carbons (Fsp3) is 0.250.